The molecule has 0 rings (SSSR count). The number of hydrogen-bond donors (Lipinski definition) is 0. The molecule has 0 N–H and O–H groups in total. The Hall–Kier alpha value is -0.410. The molecule has 0 spiro atoms. The van der Waals surface area contributed by atoms with Crippen LogP contribution in [0.25, 0.3) is 0 Å². The summed E-state index contributed by atoms with van der Waals surface area (Å²) in [5.74, 6) is 0.106. The van der Waals surface area contributed by atoms with E-state index in [-0.39, 0.29) is 12.4 Å². The number of unbranched alkanes of at least 4 members (excludes halogenated alkanes) is 1. The molecule has 0 heterocycles. The maximum Gasteiger partial charge on any atom is 0.161 e. The van der Waals surface area contributed by atoms with Gasteiger partial charge in [0.05, 0.1) is 6.61 Å². The Balaban J connectivity index is 3.03. The van der Waals surface area contributed by atoms with Gasteiger partial charge in [-0.2, -0.15) is 0 Å². The molecule has 0 aliphatic rings. The summed E-state index contributed by atoms with van der Waals surface area (Å²) >= 11 is 0. The second kappa shape index (κ2) is 8.68. The minimum atomic E-state index is 0.0948. The number of rotatable bonds is 8. The van der Waals surface area contributed by atoms with Gasteiger partial charge in [-0.25, -0.2) is 9.78 Å². The van der Waals surface area contributed by atoms with Gasteiger partial charge in [-0.3, -0.25) is 4.79 Å². The molecule has 0 aliphatic heterocycles. The van der Waals surface area contributed by atoms with Crippen LogP contribution in [0.3, 0.4) is 0 Å². The third kappa shape index (κ3) is 7.69. The molecular weight excluding hydrogens is 156 g/mol. The van der Waals surface area contributed by atoms with Gasteiger partial charge in [0.25, 0.3) is 0 Å². The minimum absolute atomic E-state index is 0.0948. The van der Waals surface area contributed by atoms with Crippen molar-refractivity contribution in [3.05, 3.63) is 0 Å². The highest BCUT2D eigenvalue weighted by Crippen LogP contribution is 1.92. The normalized spacial score (nSPS) is 10.2. The molecule has 0 fully saturated rings. The van der Waals surface area contributed by atoms with Gasteiger partial charge in [0.2, 0.25) is 0 Å². The van der Waals surface area contributed by atoms with Crippen LogP contribution in [0.4, 0.5) is 0 Å². The molecule has 12 heavy (non-hydrogen) atoms. The molecule has 0 unspecified atom stereocenters. The Labute approximate surface area is 74.0 Å². The van der Waals surface area contributed by atoms with Gasteiger partial charge in [-0.05, 0) is 12.8 Å². The predicted octanol–water partition coefficient (Wildman–Crippen LogP) is 2.10. The molecule has 0 aromatic rings. The van der Waals surface area contributed by atoms with Crippen molar-refractivity contribution in [3.8, 4) is 0 Å². The quantitative estimate of drug-likeness (QED) is 0.321. The van der Waals surface area contributed by atoms with Gasteiger partial charge in [-0.15, -0.1) is 0 Å². The van der Waals surface area contributed by atoms with Crippen LogP contribution >= 0.6 is 0 Å². The van der Waals surface area contributed by atoms with Crippen LogP contribution in [0.15, 0.2) is 0 Å². The van der Waals surface area contributed by atoms with Gasteiger partial charge < -0.3 is 0 Å². The number of carbonyl (C=O) groups excluding carboxylic acids is 1. The molecule has 0 aromatic carbocycles. The summed E-state index contributed by atoms with van der Waals surface area (Å²) < 4.78 is 0. The van der Waals surface area contributed by atoms with Crippen LogP contribution in [0.2, 0.25) is 0 Å². The highest BCUT2D eigenvalue weighted by atomic mass is 17.2. The first kappa shape index (κ1) is 11.6. The van der Waals surface area contributed by atoms with Gasteiger partial charge in [0.1, 0.15) is 6.61 Å². The number of hydrogen-bond acceptors (Lipinski definition) is 3. The van der Waals surface area contributed by atoms with Crippen LogP contribution < -0.4 is 0 Å². The fourth-order valence-corrected chi connectivity index (χ4v) is 0.721. The fraction of sp³-hybridized carbons (Fsp3) is 0.889. The van der Waals surface area contributed by atoms with Gasteiger partial charge in [0.15, 0.2) is 5.78 Å². The minimum Gasteiger partial charge on any atom is -0.297 e. The first-order chi connectivity index (χ1) is 5.81. The first-order valence-corrected chi connectivity index (χ1v) is 4.57. The largest absolute Gasteiger partial charge is 0.297 e. The summed E-state index contributed by atoms with van der Waals surface area (Å²) in [5, 5.41) is 0. The molecule has 72 valence electrons. The Morgan fingerprint density at radius 1 is 1.17 bits per heavy atom. The molecule has 0 saturated carbocycles. The van der Waals surface area contributed by atoms with E-state index in [9.17, 15) is 4.79 Å². The van der Waals surface area contributed by atoms with Crippen molar-refractivity contribution in [1.82, 2.24) is 0 Å². The molecule has 0 atom stereocenters. The summed E-state index contributed by atoms with van der Waals surface area (Å²) in [6.07, 6.45) is 3.50. The lowest BCUT2D eigenvalue weighted by Gasteiger charge is -2.01. The molecule has 0 radical (unpaired) electrons. The van der Waals surface area contributed by atoms with Crippen molar-refractivity contribution in [1.29, 1.82) is 0 Å². The average molecular weight is 174 g/mol. The predicted molar refractivity (Wildman–Crippen MR) is 46.7 cm³/mol. The lowest BCUT2D eigenvalue weighted by molar-refractivity contribution is -0.289. The highest BCUT2D eigenvalue weighted by molar-refractivity contribution is 5.79. The Bertz CT molecular complexity index is 112. The van der Waals surface area contributed by atoms with E-state index >= 15 is 0 Å². The number of Topliss-reactive ketones (excluding diaryl/α,β-unsaturated/α-hetero) is 1. The third-order valence-electron chi connectivity index (χ3n) is 1.41. The van der Waals surface area contributed by atoms with E-state index in [0.29, 0.717) is 13.0 Å². The molecule has 0 aliphatic carbocycles. The summed E-state index contributed by atoms with van der Waals surface area (Å²) in [4.78, 5) is 20.3. The Morgan fingerprint density at radius 2 is 1.92 bits per heavy atom. The average Bonchev–Trinajstić information content (AvgIpc) is 2.05. The standard InChI is InChI=1S/C9H18O3/c1-3-5-7-11-12-8-9(10)6-4-2/h3-8H2,1-2H3. The van der Waals surface area contributed by atoms with E-state index in [0.717, 1.165) is 19.3 Å². The topological polar surface area (TPSA) is 35.5 Å². The zero-order valence-corrected chi connectivity index (χ0v) is 7.97. The van der Waals surface area contributed by atoms with Crippen molar-refractivity contribution in [3.63, 3.8) is 0 Å². The Kier molecular flexibility index (Phi) is 8.39. The summed E-state index contributed by atoms with van der Waals surface area (Å²) in [5.41, 5.74) is 0. The zero-order valence-electron chi connectivity index (χ0n) is 7.97. The van der Waals surface area contributed by atoms with Crippen molar-refractivity contribution in [2.45, 2.75) is 39.5 Å². The van der Waals surface area contributed by atoms with Crippen LogP contribution in [0.1, 0.15) is 39.5 Å². The third-order valence-corrected chi connectivity index (χ3v) is 1.41. The molecule has 0 bridgehead atoms. The molecule has 3 nitrogen and oxygen atoms in total. The zero-order chi connectivity index (χ0) is 9.23. The number of carbonyl (C=O) groups is 1. The lowest BCUT2D eigenvalue weighted by Crippen LogP contribution is -2.08. The number of ketones is 1. The summed E-state index contributed by atoms with van der Waals surface area (Å²) in [6.45, 7) is 4.72. The van der Waals surface area contributed by atoms with Crippen molar-refractivity contribution >= 4 is 5.78 Å². The van der Waals surface area contributed by atoms with Crippen molar-refractivity contribution in [2.24, 2.45) is 0 Å². The first-order valence-electron chi connectivity index (χ1n) is 4.57. The van der Waals surface area contributed by atoms with E-state index in [1.165, 1.54) is 0 Å². The molecule has 0 saturated heterocycles. The van der Waals surface area contributed by atoms with Crippen LogP contribution in [-0.4, -0.2) is 19.0 Å². The van der Waals surface area contributed by atoms with E-state index in [4.69, 9.17) is 9.78 Å². The van der Waals surface area contributed by atoms with Crippen LogP contribution in [-0.2, 0) is 14.6 Å². The van der Waals surface area contributed by atoms with E-state index in [2.05, 4.69) is 6.92 Å². The maximum absolute atomic E-state index is 10.9. The molecule has 0 aromatic heterocycles. The van der Waals surface area contributed by atoms with E-state index in [1.807, 2.05) is 6.92 Å². The van der Waals surface area contributed by atoms with Gasteiger partial charge in [-0.1, -0.05) is 20.3 Å². The monoisotopic (exact) mass is 174 g/mol. The summed E-state index contributed by atoms with van der Waals surface area (Å²) in [7, 11) is 0. The Morgan fingerprint density at radius 3 is 2.50 bits per heavy atom. The van der Waals surface area contributed by atoms with Crippen LogP contribution in [0, 0.1) is 0 Å². The van der Waals surface area contributed by atoms with Crippen LogP contribution in [0.5, 0.6) is 0 Å². The van der Waals surface area contributed by atoms with Crippen molar-refractivity contribution < 1.29 is 14.6 Å². The maximum atomic E-state index is 10.9. The second-order valence-corrected chi connectivity index (χ2v) is 2.73. The van der Waals surface area contributed by atoms with E-state index < -0.39 is 0 Å². The molecular formula is C9H18O3. The lowest BCUT2D eigenvalue weighted by atomic mass is 10.2. The fourth-order valence-electron chi connectivity index (χ4n) is 0.721. The SMILES string of the molecule is CCCCOOCC(=O)CCC. The second-order valence-electron chi connectivity index (χ2n) is 2.73. The summed E-state index contributed by atoms with van der Waals surface area (Å²) in [6, 6.07) is 0. The van der Waals surface area contributed by atoms with E-state index in [1.54, 1.807) is 0 Å². The molecule has 3 heteroatoms. The smallest absolute Gasteiger partial charge is 0.161 e. The highest BCUT2D eigenvalue weighted by Gasteiger charge is 1.99. The van der Waals surface area contributed by atoms with Crippen molar-refractivity contribution in [2.75, 3.05) is 13.2 Å². The van der Waals surface area contributed by atoms with Gasteiger partial charge in [0, 0.05) is 6.42 Å². The van der Waals surface area contributed by atoms with Gasteiger partial charge >= 0.3 is 0 Å². The molecule has 0 amide bonds.